The van der Waals surface area contributed by atoms with Crippen molar-refractivity contribution in [3.8, 4) is 0 Å². The lowest BCUT2D eigenvalue weighted by atomic mass is 10.1. The maximum Gasteiger partial charge on any atom is 0.220 e. The van der Waals surface area contributed by atoms with E-state index in [9.17, 15) is 4.79 Å². The zero-order valence-electron chi connectivity index (χ0n) is 31.5. The van der Waals surface area contributed by atoms with Crippen LogP contribution in [-0.4, -0.2) is 63.0 Å². The summed E-state index contributed by atoms with van der Waals surface area (Å²) in [5.41, 5.74) is 1.20. The standard InChI is InChI=1S/C41H80N3OP/c1-6-8-10-12-14-20-26-34-42-40(3)32-24-18-16-22-29-37-46(39-31-28-36-44(4)5)38-30-23-17-19-25-33-41(45)43-35-27-21-15-13-11-9-7-2/h20-21,26-27,42H,3,6-19,22-25,28-39H2,1-2,4-5H3,(H,43,45)/b26-20-,27-21-. The molecule has 4 nitrogen and oxygen atoms in total. The second-order valence-electron chi connectivity index (χ2n) is 13.8. The van der Waals surface area contributed by atoms with Crippen molar-refractivity contribution in [1.29, 1.82) is 0 Å². The van der Waals surface area contributed by atoms with Crippen molar-refractivity contribution in [2.45, 2.75) is 168 Å². The maximum atomic E-state index is 12.1. The van der Waals surface area contributed by atoms with E-state index in [1.54, 1.807) is 0 Å². The SMILES string of the molecule is C=C(CCCCCCCP(CCCCCCCC(=O)NC/C=C\CCCCCC)CCCCN(C)C)NC/C=C\CCCCCC. The predicted molar refractivity (Wildman–Crippen MR) is 211 cm³/mol. The molecule has 46 heavy (non-hydrogen) atoms. The van der Waals surface area contributed by atoms with Crippen LogP contribution in [0.4, 0.5) is 0 Å². The molecule has 0 aliphatic carbocycles. The second-order valence-corrected chi connectivity index (χ2v) is 16.5. The number of nitrogens with zero attached hydrogens (tertiary/aromatic N) is 1. The third-order valence-electron chi connectivity index (χ3n) is 8.83. The molecule has 270 valence electrons. The highest BCUT2D eigenvalue weighted by atomic mass is 31.1. The van der Waals surface area contributed by atoms with E-state index in [1.807, 2.05) is 0 Å². The third-order valence-corrected chi connectivity index (χ3v) is 11.7. The summed E-state index contributed by atoms with van der Waals surface area (Å²) < 4.78 is 0. The van der Waals surface area contributed by atoms with Crippen LogP contribution in [0.1, 0.15) is 168 Å². The summed E-state index contributed by atoms with van der Waals surface area (Å²) in [5.74, 6) is 0.217. The van der Waals surface area contributed by atoms with E-state index in [4.69, 9.17) is 0 Å². The Bertz CT molecular complexity index is 668. The normalized spacial score (nSPS) is 12.5. The largest absolute Gasteiger partial charge is 0.385 e. The highest BCUT2D eigenvalue weighted by Gasteiger charge is 2.08. The third kappa shape index (κ3) is 35.7. The number of hydrogen-bond acceptors (Lipinski definition) is 3. The van der Waals surface area contributed by atoms with E-state index in [0.29, 0.717) is 13.0 Å². The maximum absolute atomic E-state index is 12.1. The molecular formula is C41H80N3OP. The molecule has 0 radical (unpaired) electrons. The van der Waals surface area contributed by atoms with Crippen LogP contribution in [-0.2, 0) is 4.79 Å². The van der Waals surface area contributed by atoms with Gasteiger partial charge in [0.2, 0.25) is 5.91 Å². The fourth-order valence-electron chi connectivity index (χ4n) is 5.79. The van der Waals surface area contributed by atoms with Crippen LogP contribution in [0.2, 0.25) is 0 Å². The van der Waals surface area contributed by atoms with Crippen LogP contribution < -0.4 is 10.6 Å². The van der Waals surface area contributed by atoms with Crippen molar-refractivity contribution in [3.05, 3.63) is 36.6 Å². The molecule has 0 saturated heterocycles. The van der Waals surface area contributed by atoms with Gasteiger partial charge in [-0.1, -0.05) is 122 Å². The van der Waals surface area contributed by atoms with Gasteiger partial charge < -0.3 is 15.5 Å². The Hall–Kier alpha value is -1.12. The first-order valence-corrected chi connectivity index (χ1v) is 21.7. The van der Waals surface area contributed by atoms with Crippen LogP contribution in [0, 0.1) is 0 Å². The first-order chi connectivity index (χ1) is 22.5. The lowest BCUT2D eigenvalue weighted by Crippen LogP contribution is -2.22. The van der Waals surface area contributed by atoms with Gasteiger partial charge in [0.15, 0.2) is 0 Å². The molecule has 5 heteroatoms. The number of allylic oxidation sites excluding steroid dienone is 3. The molecule has 0 aliphatic rings. The Morgan fingerprint density at radius 2 is 1.02 bits per heavy atom. The molecule has 1 unspecified atom stereocenters. The van der Waals surface area contributed by atoms with E-state index < -0.39 is 0 Å². The Morgan fingerprint density at radius 3 is 1.57 bits per heavy atom. The molecule has 0 spiro atoms. The summed E-state index contributed by atoms with van der Waals surface area (Å²) in [6.45, 7) is 11.6. The highest BCUT2D eigenvalue weighted by Crippen LogP contribution is 2.39. The minimum Gasteiger partial charge on any atom is -0.385 e. The topological polar surface area (TPSA) is 44.4 Å². The number of carbonyl (C=O) groups excluding carboxylic acids is 1. The molecule has 2 N–H and O–H groups in total. The summed E-state index contributed by atoms with van der Waals surface area (Å²) >= 11 is 0. The van der Waals surface area contributed by atoms with Crippen molar-refractivity contribution in [2.75, 3.05) is 52.2 Å². The van der Waals surface area contributed by atoms with Gasteiger partial charge >= 0.3 is 0 Å². The van der Waals surface area contributed by atoms with E-state index in [2.05, 4.69) is 74.4 Å². The van der Waals surface area contributed by atoms with Gasteiger partial charge in [0.1, 0.15) is 0 Å². The Labute approximate surface area is 290 Å². The van der Waals surface area contributed by atoms with Gasteiger partial charge in [-0.05, 0) is 110 Å². The predicted octanol–water partition coefficient (Wildman–Crippen LogP) is 11.8. The minimum atomic E-state index is 0.189. The van der Waals surface area contributed by atoms with Crippen molar-refractivity contribution < 1.29 is 4.79 Å². The molecule has 0 fully saturated rings. The number of unbranched alkanes of at least 4 members (excludes halogenated alkanes) is 17. The second kappa shape index (κ2) is 36.7. The molecule has 0 aromatic heterocycles. The Kier molecular flexibility index (Phi) is 35.8. The van der Waals surface area contributed by atoms with Gasteiger partial charge in [-0.2, -0.15) is 0 Å². The first kappa shape index (κ1) is 44.9. The van der Waals surface area contributed by atoms with Gasteiger partial charge in [0, 0.05) is 25.2 Å². The molecule has 0 bridgehead atoms. The summed E-state index contributed by atoms with van der Waals surface area (Å²) in [4.78, 5) is 14.4. The molecule has 0 rings (SSSR count). The van der Waals surface area contributed by atoms with Crippen molar-refractivity contribution >= 4 is 13.8 Å². The van der Waals surface area contributed by atoms with E-state index in [1.165, 1.54) is 159 Å². The van der Waals surface area contributed by atoms with Crippen molar-refractivity contribution in [1.82, 2.24) is 15.5 Å². The number of amides is 1. The summed E-state index contributed by atoms with van der Waals surface area (Å²) in [6, 6.07) is 0. The molecule has 0 aliphatic heterocycles. The van der Waals surface area contributed by atoms with Crippen LogP contribution in [0.15, 0.2) is 36.6 Å². The molecule has 1 atom stereocenters. The number of rotatable bonds is 36. The lowest BCUT2D eigenvalue weighted by molar-refractivity contribution is -0.121. The van der Waals surface area contributed by atoms with Gasteiger partial charge in [0.25, 0.3) is 0 Å². The monoisotopic (exact) mass is 662 g/mol. The fraction of sp³-hybridized carbons (Fsp3) is 0.829. The molecular weight excluding hydrogens is 581 g/mol. The van der Waals surface area contributed by atoms with E-state index in [-0.39, 0.29) is 13.8 Å². The lowest BCUT2D eigenvalue weighted by Gasteiger charge is -2.18. The van der Waals surface area contributed by atoms with Crippen LogP contribution in [0.5, 0.6) is 0 Å². The van der Waals surface area contributed by atoms with Gasteiger partial charge in [-0.3, -0.25) is 4.79 Å². The average molecular weight is 662 g/mol. The van der Waals surface area contributed by atoms with Crippen molar-refractivity contribution in [3.63, 3.8) is 0 Å². The van der Waals surface area contributed by atoms with Crippen LogP contribution in [0.3, 0.4) is 0 Å². The highest BCUT2D eigenvalue weighted by molar-refractivity contribution is 7.57. The van der Waals surface area contributed by atoms with Crippen molar-refractivity contribution in [2.24, 2.45) is 0 Å². The number of nitrogens with one attached hydrogen (secondary N) is 2. The molecule has 0 saturated carbocycles. The average Bonchev–Trinajstić information content (AvgIpc) is 3.04. The fourth-order valence-corrected chi connectivity index (χ4v) is 8.47. The molecule has 0 aromatic rings. The van der Waals surface area contributed by atoms with E-state index in [0.717, 1.165) is 25.8 Å². The first-order valence-electron chi connectivity index (χ1n) is 19.8. The van der Waals surface area contributed by atoms with Crippen LogP contribution in [0.25, 0.3) is 0 Å². The Balaban J connectivity index is 3.93. The summed E-state index contributed by atoms with van der Waals surface area (Å²) in [6.07, 6.45) is 43.8. The summed E-state index contributed by atoms with van der Waals surface area (Å²) in [7, 11) is 4.58. The van der Waals surface area contributed by atoms with Gasteiger partial charge in [-0.25, -0.2) is 0 Å². The van der Waals surface area contributed by atoms with E-state index >= 15 is 0 Å². The molecule has 1 amide bonds. The zero-order chi connectivity index (χ0) is 33.8. The van der Waals surface area contributed by atoms with Gasteiger partial charge in [0.05, 0.1) is 0 Å². The smallest absolute Gasteiger partial charge is 0.220 e. The molecule has 0 aromatic carbocycles. The van der Waals surface area contributed by atoms with Gasteiger partial charge in [-0.15, -0.1) is 7.92 Å². The quantitative estimate of drug-likeness (QED) is 0.0399. The minimum absolute atomic E-state index is 0.189. The zero-order valence-corrected chi connectivity index (χ0v) is 32.4. The Morgan fingerprint density at radius 1 is 0.565 bits per heavy atom. The number of carbonyl (C=O) groups is 1. The number of hydrogen-bond donors (Lipinski definition) is 2. The van der Waals surface area contributed by atoms with Crippen LogP contribution >= 0.6 is 7.92 Å². The molecule has 0 heterocycles. The summed E-state index contributed by atoms with van der Waals surface area (Å²) in [5, 5.41) is 6.54.